The maximum absolute atomic E-state index is 12.9. The van der Waals surface area contributed by atoms with Gasteiger partial charge in [-0.3, -0.25) is 14.6 Å². The summed E-state index contributed by atoms with van der Waals surface area (Å²) in [6.07, 6.45) is 3.59. The molecular weight excluding hydrogens is 474 g/mol. The number of hydrogen-bond acceptors (Lipinski definition) is 5. The minimum Gasteiger partial charge on any atom is -0.493 e. The zero-order valence-electron chi connectivity index (χ0n) is 17.5. The zero-order chi connectivity index (χ0) is 22.5. The normalized spacial score (nSPS) is 15.5. The Kier molecular flexibility index (Phi) is 6.70. The van der Waals surface area contributed by atoms with Gasteiger partial charge in [0.15, 0.2) is 11.5 Å². The summed E-state index contributed by atoms with van der Waals surface area (Å²) >= 11 is 3.42. The first-order valence-electron chi connectivity index (χ1n) is 10.1. The highest BCUT2D eigenvalue weighted by molar-refractivity contribution is 9.10. The Balaban J connectivity index is 1.43. The van der Waals surface area contributed by atoms with Crippen LogP contribution < -0.4 is 19.7 Å². The standard InChI is InChI=1S/C24H22BrN3O4/c1-31-21-8-7-19(12-22(21)32-15-16-4-3-9-26-13-16)27-24(30)17-10-23(29)28(14-17)20-6-2-5-18(25)11-20/h2-9,11-13,17H,10,14-15H2,1H3,(H,27,30). The van der Waals surface area contributed by atoms with Crippen molar-refractivity contribution in [2.75, 3.05) is 23.9 Å². The van der Waals surface area contributed by atoms with Gasteiger partial charge in [0.2, 0.25) is 11.8 Å². The highest BCUT2D eigenvalue weighted by atomic mass is 79.9. The van der Waals surface area contributed by atoms with Crippen molar-refractivity contribution in [3.8, 4) is 11.5 Å². The molecule has 1 aliphatic rings. The number of anilines is 2. The average Bonchev–Trinajstić information content (AvgIpc) is 3.20. The minimum atomic E-state index is -0.441. The lowest BCUT2D eigenvalue weighted by Gasteiger charge is -2.17. The van der Waals surface area contributed by atoms with E-state index in [2.05, 4.69) is 26.2 Å². The molecule has 32 heavy (non-hydrogen) atoms. The van der Waals surface area contributed by atoms with E-state index < -0.39 is 5.92 Å². The van der Waals surface area contributed by atoms with E-state index in [1.165, 1.54) is 0 Å². The summed E-state index contributed by atoms with van der Waals surface area (Å²) in [6.45, 7) is 0.655. The molecule has 4 rings (SSSR count). The predicted octanol–water partition coefficient (Wildman–Crippen LogP) is 4.42. The molecule has 0 saturated carbocycles. The summed E-state index contributed by atoms with van der Waals surface area (Å²) in [6, 6.07) is 16.4. The lowest BCUT2D eigenvalue weighted by atomic mass is 10.1. The van der Waals surface area contributed by atoms with E-state index in [9.17, 15) is 9.59 Å². The van der Waals surface area contributed by atoms with Crippen LogP contribution in [0.25, 0.3) is 0 Å². The molecule has 1 aromatic heterocycles. The fourth-order valence-electron chi connectivity index (χ4n) is 3.53. The van der Waals surface area contributed by atoms with Gasteiger partial charge in [0.05, 0.1) is 13.0 Å². The number of ether oxygens (including phenoxy) is 2. The molecule has 2 aromatic carbocycles. The molecule has 0 spiro atoms. The summed E-state index contributed by atoms with van der Waals surface area (Å²) in [5, 5.41) is 2.90. The van der Waals surface area contributed by atoms with Crippen LogP contribution in [0.1, 0.15) is 12.0 Å². The Bertz CT molecular complexity index is 1120. The van der Waals surface area contributed by atoms with Gasteiger partial charge in [-0.1, -0.05) is 28.1 Å². The summed E-state index contributed by atoms with van der Waals surface area (Å²) in [4.78, 5) is 31.1. The largest absolute Gasteiger partial charge is 0.493 e. The van der Waals surface area contributed by atoms with Crippen LogP contribution in [0.2, 0.25) is 0 Å². The van der Waals surface area contributed by atoms with E-state index in [-0.39, 0.29) is 18.2 Å². The summed E-state index contributed by atoms with van der Waals surface area (Å²) in [5.74, 6) is 0.345. The van der Waals surface area contributed by atoms with E-state index >= 15 is 0 Å². The number of nitrogens with one attached hydrogen (secondary N) is 1. The number of halogens is 1. The van der Waals surface area contributed by atoms with Gasteiger partial charge in [0, 0.05) is 52.8 Å². The number of pyridine rings is 1. The van der Waals surface area contributed by atoms with E-state index in [1.54, 1.807) is 42.6 Å². The molecule has 0 radical (unpaired) electrons. The first-order chi connectivity index (χ1) is 15.5. The fourth-order valence-corrected chi connectivity index (χ4v) is 3.92. The summed E-state index contributed by atoms with van der Waals surface area (Å²) in [7, 11) is 1.56. The van der Waals surface area contributed by atoms with Crippen LogP contribution in [0, 0.1) is 5.92 Å². The van der Waals surface area contributed by atoms with Crippen molar-refractivity contribution in [2.45, 2.75) is 13.0 Å². The Labute approximate surface area is 194 Å². The van der Waals surface area contributed by atoms with Crippen LogP contribution in [0.3, 0.4) is 0 Å². The molecule has 2 heterocycles. The molecule has 1 fully saturated rings. The van der Waals surface area contributed by atoms with Crippen molar-refractivity contribution in [1.29, 1.82) is 0 Å². The fraction of sp³-hybridized carbons (Fsp3) is 0.208. The van der Waals surface area contributed by atoms with Crippen molar-refractivity contribution >= 4 is 39.1 Å². The van der Waals surface area contributed by atoms with Crippen molar-refractivity contribution in [1.82, 2.24) is 4.98 Å². The predicted molar refractivity (Wildman–Crippen MR) is 125 cm³/mol. The lowest BCUT2D eigenvalue weighted by molar-refractivity contribution is -0.122. The number of carbonyl (C=O) groups is 2. The quantitative estimate of drug-likeness (QED) is 0.524. The van der Waals surface area contributed by atoms with Gasteiger partial charge in [-0.05, 0) is 36.4 Å². The Morgan fingerprint density at radius 3 is 2.81 bits per heavy atom. The van der Waals surface area contributed by atoms with Crippen LogP contribution in [0.15, 0.2) is 71.5 Å². The van der Waals surface area contributed by atoms with Gasteiger partial charge in [0.1, 0.15) is 6.61 Å². The number of benzene rings is 2. The molecule has 1 aliphatic heterocycles. The van der Waals surface area contributed by atoms with Crippen LogP contribution in [-0.2, 0) is 16.2 Å². The number of hydrogen-bond donors (Lipinski definition) is 1. The zero-order valence-corrected chi connectivity index (χ0v) is 19.0. The number of rotatable bonds is 7. The molecule has 8 heteroatoms. The number of carbonyl (C=O) groups excluding carboxylic acids is 2. The molecule has 0 aliphatic carbocycles. The van der Waals surface area contributed by atoms with Crippen LogP contribution in [0.4, 0.5) is 11.4 Å². The van der Waals surface area contributed by atoms with Crippen LogP contribution in [0.5, 0.6) is 11.5 Å². The maximum atomic E-state index is 12.9. The van der Waals surface area contributed by atoms with E-state index in [0.29, 0.717) is 30.3 Å². The number of aromatic nitrogens is 1. The smallest absolute Gasteiger partial charge is 0.229 e. The van der Waals surface area contributed by atoms with E-state index in [0.717, 1.165) is 15.7 Å². The minimum absolute atomic E-state index is 0.0709. The van der Waals surface area contributed by atoms with Gasteiger partial charge >= 0.3 is 0 Å². The third-order valence-corrected chi connectivity index (χ3v) is 5.66. The molecule has 3 aromatic rings. The highest BCUT2D eigenvalue weighted by Gasteiger charge is 2.35. The Morgan fingerprint density at radius 2 is 2.06 bits per heavy atom. The maximum Gasteiger partial charge on any atom is 0.229 e. The molecule has 7 nitrogen and oxygen atoms in total. The summed E-state index contributed by atoms with van der Waals surface area (Å²) < 4.78 is 12.1. The number of amides is 2. The molecule has 1 unspecified atom stereocenters. The third-order valence-electron chi connectivity index (χ3n) is 5.16. The molecule has 1 N–H and O–H groups in total. The third kappa shape index (κ3) is 5.08. The second-order valence-electron chi connectivity index (χ2n) is 7.39. The van der Waals surface area contributed by atoms with Gasteiger partial charge in [0.25, 0.3) is 0 Å². The van der Waals surface area contributed by atoms with Gasteiger partial charge in [-0.25, -0.2) is 0 Å². The van der Waals surface area contributed by atoms with Crippen LogP contribution in [-0.4, -0.2) is 30.5 Å². The second-order valence-corrected chi connectivity index (χ2v) is 8.31. The molecule has 1 atom stereocenters. The molecule has 1 saturated heterocycles. The SMILES string of the molecule is COc1ccc(NC(=O)C2CC(=O)N(c3cccc(Br)c3)C2)cc1OCc1cccnc1. The molecule has 0 bridgehead atoms. The monoisotopic (exact) mass is 495 g/mol. The first-order valence-corrected chi connectivity index (χ1v) is 10.9. The van der Waals surface area contributed by atoms with Gasteiger partial charge < -0.3 is 19.7 Å². The highest BCUT2D eigenvalue weighted by Crippen LogP contribution is 2.32. The summed E-state index contributed by atoms with van der Waals surface area (Å²) in [5.41, 5.74) is 2.27. The molecular formula is C24H22BrN3O4. The van der Waals surface area contributed by atoms with Gasteiger partial charge in [-0.15, -0.1) is 0 Å². The van der Waals surface area contributed by atoms with Crippen molar-refractivity contribution in [3.05, 3.63) is 77.0 Å². The van der Waals surface area contributed by atoms with Crippen molar-refractivity contribution in [3.63, 3.8) is 0 Å². The van der Waals surface area contributed by atoms with Crippen LogP contribution >= 0.6 is 15.9 Å². The van der Waals surface area contributed by atoms with E-state index in [4.69, 9.17) is 9.47 Å². The first kappa shape index (κ1) is 21.8. The van der Waals surface area contributed by atoms with E-state index in [1.807, 2.05) is 36.4 Å². The van der Waals surface area contributed by atoms with Crippen molar-refractivity contribution in [2.24, 2.45) is 5.92 Å². The number of nitrogens with zero attached hydrogens (tertiary/aromatic N) is 2. The average molecular weight is 496 g/mol. The topological polar surface area (TPSA) is 80.8 Å². The van der Waals surface area contributed by atoms with Gasteiger partial charge in [-0.2, -0.15) is 0 Å². The Hall–Kier alpha value is -3.39. The molecule has 164 valence electrons. The molecule has 2 amide bonds. The number of methoxy groups -OCH3 is 1. The Morgan fingerprint density at radius 1 is 1.19 bits per heavy atom. The van der Waals surface area contributed by atoms with Crippen molar-refractivity contribution < 1.29 is 19.1 Å². The second kappa shape index (κ2) is 9.82. The lowest BCUT2D eigenvalue weighted by Crippen LogP contribution is -2.28.